The molecule has 0 aliphatic carbocycles. The molecule has 0 unspecified atom stereocenters. The molecular formula is C22H34O3Si. The van der Waals surface area contributed by atoms with Crippen LogP contribution in [0.2, 0.25) is 13.1 Å². The van der Waals surface area contributed by atoms with Crippen LogP contribution < -0.4 is 10.1 Å². The zero-order valence-corrected chi connectivity index (χ0v) is 18.8. The fourth-order valence-corrected chi connectivity index (χ4v) is 4.61. The zero-order chi connectivity index (χ0) is 19.9. The van der Waals surface area contributed by atoms with Gasteiger partial charge in [-0.1, -0.05) is 54.6 Å². The second kappa shape index (κ2) is 6.80. The zero-order valence-electron chi connectivity index (χ0n) is 17.8. The number of ether oxygens (including phenoxy) is 1. The van der Waals surface area contributed by atoms with E-state index >= 15 is 0 Å². The highest BCUT2D eigenvalue weighted by Gasteiger charge is 2.30. The van der Waals surface area contributed by atoms with Gasteiger partial charge in [0.1, 0.15) is 11.5 Å². The Hall–Kier alpha value is -1.68. The molecule has 0 bridgehead atoms. The van der Waals surface area contributed by atoms with Gasteiger partial charge < -0.3 is 14.3 Å². The molecule has 4 heteroatoms. The Labute approximate surface area is 159 Å². The van der Waals surface area contributed by atoms with E-state index in [1.807, 2.05) is 25.1 Å². The van der Waals surface area contributed by atoms with Gasteiger partial charge in [0.05, 0.1) is 17.4 Å². The van der Waals surface area contributed by atoms with Gasteiger partial charge in [-0.2, -0.15) is 0 Å². The molecule has 2 rings (SSSR count). The number of aromatic hydroxyl groups is 1. The van der Waals surface area contributed by atoms with Gasteiger partial charge in [-0.15, -0.1) is 0 Å². The quantitative estimate of drug-likeness (QED) is 0.726. The largest absolute Gasteiger partial charge is 0.507 e. The molecule has 0 amide bonds. The SMILES string of the molecule is Cc1ccc([Si](C)(C)COc2cc(C(C)(C)C)c(O)c(C(C)(C)C)c2)o1. The van der Waals surface area contributed by atoms with Crippen LogP contribution >= 0.6 is 0 Å². The summed E-state index contributed by atoms with van der Waals surface area (Å²) in [5, 5.41) is 11.9. The maximum atomic E-state index is 10.8. The summed E-state index contributed by atoms with van der Waals surface area (Å²) in [5.74, 6) is 2.15. The van der Waals surface area contributed by atoms with Crippen molar-refractivity contribution in [2.24, 2.45) is 0 Å². The lowest BCUT2D eigenvalue weighted by molar-refractivity contribution is 0.368. The fourth-order valence-electron chi connectivity index (χ4n) is 2.97. The van der Waals surface area contributed by atoms with Gasteiger partial charge in [0, 0.05) is 11.1 Å². The molecule has 1 heterocycles. The van der Waals surface area contributed by atoms with Crippen LogP contribution in [0.5, 0.6) is 11.5 Å². The van der Waals surface area contributed by atoms with Crippen molar-refractivity contribution in [3.8, 4) is 11.5 Å². The average molecular weight is 375 g/mol. The molecule has 3 nitrogen and oxygen atoms in total. The van der Waals surface area contributed by atoms with Crippen LogP contribution in [0.15, 0.2) is 28.7 Å². The summed E-state index contributed by atoms with van der Waals surface area (Å²) in [4.78, 5) is 0. The molecule has 0 spiro atoms. The lowest BCUT2D eigenvalue weighted by Crippen LogP contribution is -2.46. The van der Waals surface area contributed by atoms with Crippen molar-refractivity contribution in [1.82, 2.24) is 0 Å². The molecule has 1 N–H and O–H groups in total. The second-order valence-corrected chi connectivity index (χ2v) is 14.5. The van der Waals surface area contributed by atoms with Crippen molar-refractivity contribution in [1.29, 1.82) is 0 Å². The maximum Gasteiger partial charge on any atom is 0.168 e. The summed E-state index contributed by atoms with van der Waals surface area (Å²) in [7, 11) is -1.83. The molecule has 0 aliphatic rings. The summed E-state index contributed by atoms with van der Waals surface area (Å²) in [5.41, 5.74) is 1.53. The molecule has 144 valence electrons. The van der Waals surface area contributed by atoms with E-state index < -0.39 is 8.07 Å². The molecule has 0 radical (unpaired) electrons. The Morgan fingerprint density at radius 1 is 0.962 bits per heavy atom. The molecule has 0 fully saturated rings. The van der Waals surface area contributed by atoms with E-state index in [2.05, 4.69) is 60.7 Å². The third kappa shape index (κ3) is 4.53. The van der Waals surface area contributed by atoms with Gasteiger partial charge in [0.25, 0.3) is 0 Å². The summed E-state index contributed by atoms with van der Waals surface area (Å²) >= 11 is 0. The molecule has 0 saturated heterocycles. The van der Waals surface area contributed by atoms with E-state index in [-0.39, 0.29) is 10.8 Å². The highest BCUT2D eigenvalue weighted by atomic mass is 28.3. The molecule has 1 aromatic carbocycles. The van der Waals surface area contributed by atoms with Crippen LogP contribution in [0.4, 0.5) is 0 Å². The van der Waals surface area contributed by atoms with Crippen LogP contribution in [0.1, 0.15) is 58.4 Å². The van der Waals surface area contributed by atoms with E-state index in [1.165, 1.54) is 0 Å². The van der Waals surface area contributed by atoms with Crippen LogP contribution in [-0.2, 0) is 10.8 Å². The van der Waals surface area contributed by atoms with Crippen molar-refractivity contribution >= 4 is 13.5 Å². The highest BCUT2D eigenvalue weighted by molar-refractivity contribution is 6.88. The van der Waals surface area contributed by atoms with Gasteiger partial charge >= 0.3 is 0 Å². The Morgan fingerprint density at radius 2 is 1.46 bits per heavy atom. The predicted molar refractivity (Wildman–Crippen MR) is 112 cm³/mol. The lowest BCUT2D eigenvalue weighted by Gasteiger charge is -2.29. The molecule has 0 saturated carbocycles. The van der Waals surface area contributed by atoms with E-state index in [0.717, 1.165) is 28.0 Å². The molecule has 26 heavy (non-hydrogen) atoms. The third-order valence-electron chi connectivity index (χ3n) is 4.71. The molecule has 1 aromatic heterocycles. The standard InChI is InChI=1S/C22H34O3Si/c1-15-10-11-19(25-15)26(8,9)14-24-16-12-17(21(2,3)4)20(23)18(13-16)22(5,6)7/h10-13,23H,14H2,1-9H3. The lowest BCUT2D eigenvalue weighted by atomic mass is 9.79. The van der Waals surface area contributed by atoms with Gasteiger partial charge in [-0.3, -0.25) is 0 Å². The Morgan fingerprint density at radius 3 is 1.85 bits per heavy atom. The van der Waals surface area contributed by atoms with Gasteiger partial charge in [-0.25, -0.2) is 0 Å². The Balaban J connectivity index is 2.37. The summed E-state index contributed by atoms with van der Waals surface area (Å²) in [6.45, 7) is 19.2. The highest BCUT2D eigenvalue weighted by Crippen LogP contribution is 2.41. The van der Waals surface area contributed by atoms with Crippen molar-refractivity contribution < 1.29 is 14.3 Å². The molecule has 2 aromatic rings. The monoisotopic (exact) mass is 374 g/mol. The summed E-state index contributed by atoms with van der Waals surface area (Å²) in [6.07, 6.45) is 0.637. The summed E-state index contributed by atoms with van der Waals surface area (Å²) < 4.78 is 12.1. The normalized spacial score (nSPS) is 13.1. The van der Waals surface area contributed by atoms with Gasteiger partial charge in [0.2, 0.25) is 0 Å². The number of phenols is 1. The maximum absolute atomic E-state index is 10.8. The van der Waals surface area contributed by atoms with Gasteiger partial charge in [0.15, 0.2) is 8.07 Å². The Bertz CT molecular complexity index is 738. The first-order valence-corrected chi connectivity index (χ1v) is 12.5. The minimum absolute atomic E-state index is 0.158. The van der Waals surface area contributed by atoms with Crippen LogP contribution in [0.25, 0.3) is 0 Å². The first-order chi connectivity index (χ1) is 11.7. The molecule has 0 aliphatic heterocycles. The number of hydrogen-bond acceptors (Lipinski definition) is 3. The molecule has 0 atom stereocenters. The van der Waals surface area contributed by atoms with Crippen molar-refractivity contribution in [2.45, 2.75) is 72.4 Å². The van der Waals surface area contributed by atoms with E-state index in [9.17, 15) is 5.11 Å². The van der Waals surface area contributed by atoms with Crippen molar-refractivity contribution in [2.75, 3.05) is 6.23 Å². The van der Waals surface area contributed by atoms with E-state index in [4.69, 9.17) is 9.15 Å². The number of benzene rings is 1. The smallest absolute Gasteiger partial charge is 0.168 e. The van der Waals surface area contributed by atoms with Crippen LogP contribution in [0.3, 0.4) is 0 Å². The van der Waals surface area contributed by atoms with Crippen molar-refractivity contribution in [3.05, 3.63) is 41.2 Å². The van der Waals surface area contributed by atoms with E-state index in [1.54, 1.807) is 0 Å². The van der Waals surface area contributed by atoms with Crippen LogP contribution in [-0.4, -0.2) is 19.4 Å². The minimum atomic E-state index is -1.83. The average Bonchev–Trinajstić information content (AvgIpc) is 2.91. The number of hydrogen-bond donors (Lipinski definition) is 1. The number of aryl methyl sites for hydroxylation is 1. The van der Waals surface area contributed by atoms with Crippen LogP contribution in [0, 0.1) is 6.92 Å². The number of rotatable bonds is 4. The predicted octanol–water partition coefficient (Wildman–Crippen LogP) is 5.42. The number of phenolic OH excluding ortho intramolecular Hbond substituents is 1. The first kappa shape index (κ1) is 20.6. The fraction of sp³-hybridized carbons (Fsp3) is 0.545. The second-order valence-electron chi connectivity index (χ2n) is 9.95. The first-order valence-electron chi connectivity index (χ1n) is 9.29. The van der Waals surface area contributed by atoms with Gasteiger partial charge in [-0.05, 0) is 42.0 Å². The van der Waals surface area contributed by atoms with E-state index in [0.29, 0.717) is 12.0 Å². The summed E-state index contributed by atoms with van der Waals surface area (Å²) in [6, 6.07) is 8.06. The number of furan rings is 1. The Kier molecular flexibility index (Phi) is 5.40. The topological polar surface area (TPSA) is 42.6 Å². The van der Waals surface area contributed by atoms with Crippen molar-refractivity contribution in [3.63, 3.8) is 0 Å². The minimum Gasteiger partial charge on any atom is -0.507 e. The third-order valence-corrected chi connectivity index (χ3v) is 7.18. The molecular weight excluding hydrogens is 340 g/mol.